The number of aliphatic carboxylic acids is 1. The van der Waals surface area contributed by atoms with Gasteiger partial charge in [0.15, 0.2) is 0 Å². The number of hydrogen-bond donors (Lipinski definition) is 5. The molecule has 2 rings (SSSR count). The molecular weight excluding hydrogens is 396 g/mol. The molecule has 1 aromatic carbocycles. The number of nitrogens with zero attached hydrogens (tertiary/aromatic N) is 1. The van der Waals surface area contributed by atoms with Crippen molar-refractivity contribution in [3.8, 4) is 0 Å². The molecule has 0 aromatic heterocycles. The molecule has 0 saturated carbocycles. The number of carbonyl (C=O) groups is 4. The van der Waals surface area contributed by atoms with Crippen molar-refractivity contribution in [1.82, 2.24) is 15.5 Å². The molecule has 1 saturated heterocycles. The fourth-order valence-electron chi connectivity index (χ4n) is 3.16. The Kier molecular flexibility index (Phi) is 8.47. The minimum absolute atomic E-state index is 0.133. The minimum atomic E-state index is -1.06. The average Bonchev–Trinajstić information content (AvgIpc) is 3.21. The van der Waals surface area contributed by atoms with E-state index in [1.165, 1.54) is 4.90 Å². The quantitative estimate of drug-likeness (QED) is 0.329. The molecule has 1 heterocycles. The third-order valence-corrected chi connectivity index (χ3v) is 5.09. The van der Waals surface area contributed by atoms with Crippen molar-refractivity contribution in [2.75, 3.05) is 18.8 Å². The van der Waals surface area contributed by atoms with Crippen molar-refractivity contribution >= 4 is 36.3 Å². The van der Waals surface area contributed by atoms with Crippen molar-refractivity contribution in [1.29, 1.82) is 0 Å². The zero-order valence-corrected chi connectivity index (χ0v) is 16.8. The lowest BCUT2D eigenvalue weighted by molar-refractivity contribution is -0.149. The molecule has 1 aliphatic heterocycles. The number of hydrogen-bond acceptors (Lipinski definition) is 6. The summed E-state index contributed by atoms with van der Waals surface area (Å²) >= 11 is 3.93. The lowest BCUT2D eigenvalue weighted by Crippen LogP contribution is -2.54. The molecule has 10 heteroatoms. The summed E-state index contributed by atoms with van der Waals surface area (Å²) in [7, 11) is 0. The van der Waals surface area contributed by atoms with Gasteiger partial charge in [0.25, 0.3) is 0 Å². The highest BCUT2D eigenvalue weighted by atomic mass is 32.1. The number of thiol groups is 1. The number of likely N-dealkylation sites (tertiary alicyclic amines) is 1. The van der Waals surface area contributed by atoms with Crippen LogP contribution in [0.3, 0.4) is 0 Å². The first-order chi connectivity index (χ1) is 13.8. The van der Waals surface area contributed by atoms with E-state index >= 15 is 0 Å². The fourth-order valence-corrected chi connectivity index (χ4v) is 3.33. The van der Waals surface area contributed by atoms with Crippen LogP contribution < -0.4 is 16.4 Å². The summed E-state index contributed by atoms with van der Waals surface area (Å²) in [6, 6.07) is 6.42. The molecule has 3 atom stereocenters. The molecule has 0 bridgehead atoms. The summed E-state index contributed by atoms with van der Waals surface area (Å²) in [5, 5.41) is 14.4. The molecule has 0 aliphatic carbocycles. The molecule has 9 nitrogen and oxygen atoms in total. The van der Waals surface area contributed by atoms with E-state index in [2.05, 4.69) is 23.3 Å². The van der Waals surface area contributed by atoms with E-state index in [1.54, 1.807) is 0 Å². The van der Waals surface area contributed by atoms with Crippen LogP contribution >= 0.6 is 12.6 Å². The Morgan fingerprint density at radius 2 is 1.93 bits per heavy atom. The van der Waals surface area contributed by atoms with Crippen LogP contribution in [-0.4, -0.2) is 70.7 Å². The molecule has 1 fully saturated rings. The molecule has 1 aliphatic rings. The maximum Gasteiger partial charge on any atom is 0.326 e. The van der Waals surface area contributed by atoms with E-state index in [1.807, 2.05) is 30.3 Å². The second-order valence-electron chi connectivity index (χ2n) is 6.84. The Balaban J connectivity index is 2.08. The van der Waals surface area contributed by atoms with Crippen molar-refractivity contribution in [3.63, 3.8) is 0 Å². The Labute approximate surface area is 174 Å². The maximum atomic E-state index is 13.0. The topological polar surface area (TPSA) is 142 Å². The van der Waals surface area contributed by atoms with Crippen LogP contribution in [0.2, 0.25) is 0 Å². The standard InChI is InChI=1S/C19H26N4O5S/c20-13(11-29)17(25)21-10-16(24)22-14(9-12-5-2-1-3-6-12)18(26)23-8-4-7-15(23)19(27)28/h1-3,5-6,13-15,29H,4,7-11,20H2,(H,21,25)(H,22,24)(H,27,28). The van der Waals surface area contributed by atoms with Gasteiger partial charge >= 0.3 is 5.97 Å². The second-order valence-corrected chi connectivity index (χ2v) is 7.21. The largest absolute Gasteiger partial charge is 0.480 e. The molecule has 3 unspecified atom stereocenters. The zero-order valence-electron chi connectivity index (χ0n) is 15.9. The SMILES string of the molecule is NC(CS)C(=O)NCC(=O)NC(Cc1ccccc1)C(=O)N1CCCC1C(=O)O. The molecule has 1 aromatic rings. The highest BCUT2D eigenvalue weighted by Crippen LogP contribution is 2.19. The van der Waals surface area contributed by atoms with Gasteiger partial charge in [-0.05, 0) is 18.4 Å². The number of carboxylic acids is 1. The first-order valence-corrected chi connectivity index (χ1v) is 9.97. The number of carbonyl (C=O) groups excluding carboxylic acids is 3. The van der Waals surface area contributed by atoms with E-state index in [0.29, 0.717) is 19.4 Å². The van der Waals surface area contributed by atoms with Crippen molar-refractivity contribution in [2.24, 2.45) is 5.73 Å². The number of amides is 3. The van der Waals surface area contributed by atoms with Crippen LogP contribution in [0.1, 0.15) is 18.4 Å². The van der Waals surface area contributed by atoms with Gasteiger partial charge in [-0.2, -0.15) is 12.6 Å². The molecule has 158 valence electrons. The normalized spacial score (nSPS) is 18.0. The molecule has 5 N–H and O–H groups in total. The predicted octanol–water partition coefficient (Wildman–Crippen LogP) is -0.837. The van der Waals surface area contributed by atoms with Gasteiger partial charge in [-0.25, -0.2) is 4.79 Å². The van der Waals surface area contributed by atoms with Gasteiger partial charge in [0.2, 0.25) is 17.7 Å². The van der Waals surface area contributed by atoms with Crippen LogP contribution in [0.15, 0.2) is 30.3 Å². The van der Waals surface area contributed by atoms with Gasteiger partial charge < -0.3 is 26.4 Å². The number of nitrogens with two attached hydrogens (primary N) is 1. The summed E-state index contributed by atoms with van der Waals surface area (Å²) in [4.78, 5) is 49.8. The third-order valence-electron chi connectivity index (χ3n) is 4.69. The van der Waals surface area contributed by atoms with Crippen molar-refractivity contribution < 1.29 is 24.3 Å². The molecule has 0 spiro atoms. The lowest BCUT2D eigenvalue weighted by atomic mass is 10.0. The smallest absolute Gasteiger partial charge is 0.326 e. The lowest BCUT2D eigenvalue weighted by Gasteiger charge is -2.27. The van der Waals surface area contributed by atoms with E-state index < -0.39 is 41.8 Å². The Morgan fingerprint density at radius 3 is 2.55 bits per heavy atom. The highest BCUT2D eigenvalue weighted by molar-refractivity contribution is 7.80. The number of rotatable bonds is 9. The molecular formula is C19H26N4O5S. The summed E-state index contributed by atoms with van der Waals surface area (Å²) in [5.41, 5.74) is 6.36. The van der Waals surface area contributed by atoms with Gasteiger partial charge in [-0.15, -0.1) is 0 Å². The number of carboxylic acid groups (broad SMARTS) is 1. The van der Waals surface area contributed by atoms with Gasteiger partial charge in [0.05, 0.1) is 12.6 Å². The summed E-state index contributed by atoms with van der Waals surface area (Å²) in [6.07, 6.45) is 1.18. The summed E-state index contributed by atoms with van der Waals surface area (Å²) in [6.45, 7) is -0.0221. The van der Waals surface area contributed by atoms with Crippen LogP contribution in [0.25, 0.3) is 0 Å². The van der Waals surface area contributed by atoms with E-state index in [4.69, 9.17) is 5.73 Å². The Hall–Kier alpha value is -2.59. The zero-order chi connectivity index (χ0) is 21.4. The minimum Gasteiger partial charge on any atom is -0.480 e. The van der Waals surface area contributed by atoms with Gasteiger partial charge in [0.1, 0.15) is 12.1 Å². The molecule has 29 heavy (non-hydrogen) atoms. The van der Waals surface area contributed by atoms with E-state index in [-0.39, 0.29) is 18.7 Å². The predicted molar refractivity (Wildman–Crippen MR) is 109 cm³/mol. The van der Waals surface area contributed by atoms with Gasteiger partial charge in [-0.1, -0.05) is 30.3 Å². The first kappa shape index (κ1) is 22.7. The van der Waals surface area contributed by atoms with Crippen LogP contribution in [0.4, 0.5) is 0 Å². The van der Waals surface area contributed by atoms with Crippen molar-refractivity contribution in [2.45, 2.75) is 37.4 Å². The highest BCUT2D eigenvalue weighted by Gasteiger charge is 2.37. The van der Waals surface area contributed by atoms with Gasteiger partial charge in [0, 0.05) is 18.7 Å². The Morgan fingerprint density at radius 1 is 1.24 bits per heavy atom. The molecule has 0 radical (unpaired) electrons. The third kappa shape index (κ3) is 6.47. The molecule has 3 amide bonds. The van der Waals surface area contributed by atoms with Crippen LogP contribution in [-0.2, 0) is 25.6 Å². The first-order valence-electron chi connectivity index (χ1n) is 9.34. The fraction of sp³-hybridized carbons (Fsp3) is 0.474. The monoisotopic (exact) mass is 422 g/mol. The van der Waals surface area contributed by atoms with Crippen molar-refractivity contribution in [3.05, 3.63) is 35.9 Å². The maximum absolute atomic E-state index is 13.0. The summed E-state index contributed by atoms with van der Waals surface area (Å²) in [5.74, 6) is -2.47. The second kappa shape index (κ2) is 10.8. The van der Waals surface area contributed by atoms with E-state index in [0.717, 1.165) is 5.56 Å². The number of nitrogens with one attached hydrogen (secondary N) is 2. The summed E-state index contributed by atoms with van der Waals surface area (Å²) < 4.78 is 0. The number of benzene rings is 1. The van der Waals surface area contributed by atoms with Gasteiger partial charge in [-0.3, -0.25) is 14.4 Å². The Bertz CT molecular complexity index is 745. The van der Waals surface area contributed by atoms with Crippen LogP contribution in [0, 0.1) is 0 Å². The average molecular weight is 423 g/mol. The van der Waals surface area contributed by atoms with Crippen LogP contribution in [0.5, 0.6) is 0 Å². The van der Waals surface area contributed by atoms with E-state index in [9.17, 15) is 24.3 Å².